The van der Waals surface area contributed by atoms with Crippen molar-refractivity contribution in [2.24, 2.45) is 11.8 Å². The van der Waals surface area contributed by atoms with Gasteiger partial charge in [0.05, 0.1) is 12.0 Å². The maximum atomic E-state index is 12.3. The molecule has 0 heterocycles. The van der Waals surface area contributed by atoms with E-state index >= 15 is 0 Å². The topological polar surface area (TPSA) is 75.6 Å². The summed E-state index contributed by atoms with van der Waals surface area (Å²) in [7, 11) is 0. The number of benzene rings is 1. The summed E-state index contributed by atoms with van der Waals surface area (Å²) >= 11 is 0. The van der Waals surface area contributed by atoms with Crippen LogP contribution in [0.1, 0.15) is 44.2 Å². The van der Waals surface area contributed by atoms with E-state index in [1.54, 1.807) is 6.92 Å². The number of aliphatic carboxylic acids is 1. The number of hydrogen-bond donors (Lipinski definition) is 2. The largest absolute Gasteiger partial charge is 0.573 e. The Hall–Kier alpha value is -2.25. The van der Waals surface area contributed by atoms with Gasteiger partial charge in [0.25, 0.3) is 0 Å². The Morgan fingerprint density at radius 3 is 2.12 bits per heavy atom. The third-order valence-corrected chi connectivity index (χ3v) is 4.42. The van der Waals surface area contributed by atoms with E-state index in [9.17, 15) is 22.8 Å². The van der Waals surface area contributed by atoms with Crippen molar-refractivity contribution in [2.45, 2.75) is 45.0 Å². The molecule has 8 heteroatoms. The highest BCUT2D eigenvalue weighted by Crippen LogP contribution is 2.30. The van der Waals surface area contributed by atoms with Crippen LogP contribution in [0.25, 0.3) is 0 Å². The normalized spacial score (nSPS) is 22.1. The van der Waals surface area contributed by atoms with Crippen molar-refractivity contribution in [2.75, 3.05) is 0 Å². The molecule has 1 atom stereocenters. The molecule has 0 aromatic heterocycles. The van der Waals surface area contributed by atoms with E-state index in [0.29, 0.717) is 31.2 Å². The molecule has 1 saturated carbocycles. The Morgan fingerprint density at radius 2 is 1.64 bits per heavy atom. The zero-order valence-electron chi connectivity index (χ0n) is 13.7. The Balaban J connectivity index is 1.88. The van der Waals surface area contributed by atoms with Crippen LogP contribution in [0.5, 0.6) is 5.75 Å². The van der Waals surface area contributed by atoms with Gasteiger partial charge in [-0.3, -0.25) is 9.59 Å². The van der Waals surface area contributed by atoms with Crippen LogP contribution in [-0.2, 0) is 9.59 Å². The Morgan fingerprint density at radius 1 is 1.12 bits per heavy atom. The lowest BCUT2D eigenvalue weighted by molar-refractivity contribution is -0.274. The van der Waals surface area contributed by atoms with E-state index in [1.807, 2.05) is 0 Å². The van der Waals surface area contributed by atoms with Crippen LogP contribution in [0.4, 0.5) is 13.2 Å². The molecule has 0 saturated heterocycles. The van der Waals surface area contributed by atoms with Crippen molar-refractivity contribution in [1.29, 1.82) is 0 Å². The molecule has 5 nitrogen and oxygen atoms in total. The number of halogens is 3. The first kappa shape index (κ1) is 19.1. The third kappa shape index (κ3) is 5.65. The molecule has 0 bridgehead atoms. The number of nitrogens with one attached hydrogen (secondary N) is 1. The molecule has 2 rings (SSSR count). The zero-order chi connectivity index (χ0) is 18.6. The average Bonchev–Trinajstić information content (AvgIpc) is 2.54. The molecule has 1 aromatic carbocycles. The van der Waals surface area contributed by atoms with Gasteiger partial charge >= 0.3 is 12.3 Å². The number of carboxylic acids is 1. The second kappa shape index (κ2) is 7.76. The lowest BCUT2D eigenvalue weighted by Gasteiger charge is -2.26. The third-order valence-electron chi connectivity index (χ3n) is 4.42. The first-order chi connectivity index (χ1) is 11.7. The number of alkyl halides is 3. The van der Waals surface area contributed by atoms with E-state index in [0.717, 1.165) is 0 Å². The minimum Gasteiger partial charge on any atom is -0.481 e. The van der Waals surface area contributed by atoms with Crippen molar-refractivity contribution in [3.05, 3.63) is 29.8 Å². The molecule has 0 spiro atoms. The van der Waals surface area contributed by atoms with Gasteiger partial charge in [-0.2, -0.15) is 0 Å². The smallest absolute Gasteiger partial charge is 0.481 e. The van der Waals surface area contributed by atoms with Crippen molar-refractivity contribution >= 4 is 11.9 Å². The number of hydrogen-bond acceptors (Lipinski definition) is 3. The molecule has 25 heavy (non-hydrogen) atoms. The van der Waals surface area contributed by atoms with Crippen molar-refractivity contribution in [1.82, 2.24) is 5.32 Å². The van der Waals surface area contributed by atoms with Crippen LogP contribution < -0.4 is 10.1 Å². The highest BCUT2D eigenvalue weighted by Gasteiger charge is 2.31. The first-order valence-corrected chi connectivity index (χ1v) is 8.04. The summed E-state index contributed by atoms with van der Waals surface area (Å²) in [5, 5.41) is 11.8. The van der Waals surface area contributed by atoms with Crippen molar-refractivity contribution in [3.63, 3.8) is 0 Å². The molecule has 138 valence electrons. The SMILES string of the molecule is C[C@H](NC(=O)C1CCC(C(=O)O)CC1)c1ccc(OC(F)(F)F)cc1. The van der Waals surface area contributed by atoms with E-state index in [1.165, 1.54) is 24.3 Å². The zero-order valence-corrected chi connectivity index (χ0v) is 13.7. The molecule has 0 radical (unpaired) electrons. The predicted octanol–water partition coefficient (Wildman–Crippen LogP) is 3.65. The summed E-state index contributed by atoms with van der Waals surface area (Å²) in [5.74, 6) is -1.92. The van der Waals surface area contributed by atoms with Gasteiger partial charge in [0.2, 0.25) is 5.91 Å². The molecule has 1 aromatic rings. The minimum atomic E-state index is -4.74. The summed E-state index contributed by atoms with van der Waals surface area (Å²) in [6, 6.07) is 4.96. The lowest BCUT2D eigenvalue weighted by Crippen LogP contribution is -2.35. The van der Waals surface area contributed by atoms with Gasteiger partial charge in [-0.1, -0.05) is 12.1 Å². The summed E-state index contributed by atoms with van der Waals surface area (Å²) in [6.07, 6.45) is -2.74. The monoisotopic (exact) mass is 359 g/mol. The van der Waals surface area contributed by atoms with E-state index in [2.05, 4.69) is 10.1 Å². The van der Waals surface area contributed by atoms with Gasteiger partial charge in [0.1, 0.15) is 5.75 Å². The number of carboxylic acid groups (broad SMARTS) is 1. The van der Waals surface area contributed by atoms with Gasteiger partial charge in [0.15, 0.2) is 0 Å². The van der Waals surface area contributed by atoms with Gasteiger partial charge in [-0.15, -0.1) is 13.2 Å². The van der Waals surface area contributed by atoms with Crippen LogP contribution in [0.3, 0.4) is 0 Å². The second-order valence-electron chi connectivity index (χ2n) is 6.23. The molecule has 0 unspecified atom stereocenters. The molecule has 0 aliphatic heterocycles. The average molecular weight is 359 g/mol. The summed E-state index contributed by atoms with van der Waals surface area (Å²) in [4.78, 5) is 23.2. The Kier molecular flexibility index (Phi) is 5.92. The van der Waals surface area contributed by atoms with Crippen LogP contribution in [-0.4, -0.2) is 23.3 Å². The fourth-order valence-corrected chi connectivity index (χ4v) is 2.98. The standard InChI is InChI=1S/C17H20F3NO4/c1-10(11-6-8-14(9-7-11)25-17(18,19)20)21-15(22)12-2-4-13(5-3-12)16(23)24/h6-10,12-13H,2-5H2,1H3,(H,21,22)(H,23,24)/t10-,12?,13?/m0/s1. The number of carbonyl (C=O) groups excluding carboxylic acids is 1. The quantitative estimate of drug-likeness (QED) is 0.841. The summed E-state index contributed by atoms with van der Waals surface area (Å²) in [6.45, 7) is 1.74. The highest BCUT2D eigenvalue weighted by atomic mass is 19.4. The maximum absolute atomic E-state index is 12.3. The number of carbonyl (C=O) groups is 2. The first-order valence-electron chi connectivity index (χ1n) is 8.04. The Labute approximate surface area is 143 Å². The summed E-state index contributed by atoms with van der Waals surface area (Å²) < 4.78 is 40.2. The molecular formula is C17H20F3NO4. The molecule has 1 fully saturated rings. The van der Waals surface area contributed by atoms with Gasteiger partial charge in [-0.05, 0) is 50.3 Å². The number of ether oxygens (including phenoxy) is 1. The van der Waals surface area contributed by atoms with Crippen LogP contribution >= 0.6 is 0 Å². The molecule has 1 aliphatic rings. The Bertz CT molecular complexity index is 607. The fraction of sp³-hybridized carbons (Fsp3) is 0.529. The van der Waals surface area contributed by atoms with Crippen LogP contribution in [0, 0.1) is 11.8 Å². The van der Waals surface area contributed by atoms with Crippen molar-refractivity contribution in [3.8, 4) is 5.75 Å². The second-order valence-corrected chi connectivity index (χ2v) is 6.23. The number of rotatable bonds is 5. The van der Waals surface area contributed by atoms with E-state index in [4.69, 9.17) is 5.11 Å². The van der Waals surface area contributed by atoms with Crippen molar-refractivity contribution < 1.29 is 32.6 Å². The van der Waals surface area contributed by atoms with Gasteiger partial charge in [0, 0.05) is 5.92 Å². The van der Waals surface area contributed by atoms with Gasteiger partial charge in [-0.25, -0.2) is 0 Å². The maximum Gasteiger partial charge on any atom is 0.573 e. The molecule has 1 amide bonds. The highest BCUT2D eigenvalue weighted by molar-refractivity contribution is 5.79. The minimum absolute atomic E-state index is 0.160. The van der Waals surface area contributed by atoms with E-state index in [-0.39, 0.29) is 29.5 Å². The van der Waals surface area contributed by atoms with Gasteiger partial charge < -0.3 is 15.2 Å². The fourth-order valence-electron chi connectivity index (χ4n) is 2.98. The van der Waals surface area contributed by atoms with Crippen LogP contribution in [0.15, 0.2) is 24.3 Å². The molecule has 1 aliphatic carbocycles. The predicted molar refractivity (Wildman–Crippen MR) is 82.8 cm³/mol. The molecular weight excluding hydrogens is 339 g/mol. The number of amides is 1. The van der Waals surface area contributed by atoms with Crippen LogP contribution in [0.2, 0.25) is 0 Å². The molecule has 2 N–H and O–H groups in total. The lowest BCUT2D eigenvalue weighted by atomic mass is 9.81. The summed E-state index contributed by atoms with van der Waals surface area (Å²) in [5.41, 5.74) is 0.655. The van der Waals surface area contributed by atoms with E-state index < -0.39 is 12.3 Å².